The predicted molar refractivity (Wildman–Crippen MR) is 104 cm³/mol. The van der Waals surface area contributed by atoms with Crippen LogP contribution >= 0.6 is 0 Å². The maximum Gasteiger partial charge on any atom is 0.113 e. The zero-order valence-corrected chi connectivity index (χ0v) is 15.8. The van der Waals surface area contributed by atoms with Crippen LogP contribution in [0.1, 0.15) is 76.0 Å². The van der Waals surface area contributed by atoms with Crippen molar-refractivity contribution in [3.63, 3.8) is 0 Å². The molecule has 1 aromatic carbocycles. The van der Waals surface area contributed by atoms with Crippen LogP contribution in [0.4, 0.5) is 0 Å². The minimum absolute atomic E-state index is 0.343. The summed E-state index contributed by atoms with van der Waals surface area (Å²) in [7, 11) is 0. The number of hydrogen-bond acceptors (Lipinski definition) is 3. The van der Waals surface area contributed by atoms with E-state index >= 15 is 0 Å². The Kier molecular flexibility index (Phi) is 5.91. The van der Waals surface area contributed by atoms with E-state index in [4.69, 9.17) is 9.72 Å². The molecule has 2 saturated carbocycles. The topological polar surface area (TPSA) is 47.3 Å². The van der Waals surface area contributed by atoms with Gasteiger partial charge in [-0.1, -0.05) is 50.7 Å². The van der Waals surface area contributed by atoms with Gasteiger partial charge in [-0.05, 0) is 37.8 Å². The van der Waals surface area contributed by atoms with Crippen molar-refractivity contribution < 1.29 is 9.84 Å². The van der Waals surface area contributed by atoms with Gasteiger partial charge < -0.3 is 14.4 Å². The number of benzene rings is 1. The van der Waals surface area contributed by atoms with Crippen LogP contribution in [0, 0.1) is 0 Å². The van der Waals surface area contributed by atoms with Crippen LogP contribution in [-0.2, 0) is 11.3 Å². The quantitative estimate of drug-likeness (QED) is 0.809. The molecule has 2 aliphatic carbocycles. The molecule has 0 saturated heterocycles. The molecule has 1 atom stereocenters. The molecule has 2 aromatic rings. The molecule has 0 aliphatic heterocycles. The van der Waals surface area contributed by atoms with Gasteiger partial charge in [0.25, 0.3) is 0 Å². The van der Waals surface area contributed by atoms with Crippen molar-refractivity contribution in [2.24, 2.45) is 0 Å². The van der Waals surface area contributed by atoms with E-state index in [1.807, 2.05) is 6.07 Å². The van der Waals surface area contributed by atoms with Gasteiger partial charge in [-0.3, -0.25) is 0 Å². The number of rotatable bonds is 6. The van der Waals surface area contributed by atoms with Crippen molar-refractivity contribution in [1.29, 1.82) is 0 Å². The molecule has 26 heavy (non-hydrogen) atoms. The Morgan fingerprint density at radius 3 is 2.46 bits per heavy atom. The lowest BCUT2D eigenvalue weighted by Gasteiger charge is -2.25. The summed E-state index contributed by atoms with van der Waals surface area (Å²) in [5.41, 5.74) is 2.19. The molecular formula is C22H32N2O2. The minimum Gasteiger partial charge on any atom is -0.389 e. The molecule has 1 aromatic heterocycles. The van der Waals surface area contributed by atoms with Crippen LogP contribution < -0.4 is 0 Å². The second-order valence-corrected chi connectivity index (χ2v) is 8.15. The van der Waals surface area contributed by atoms with E-state index in [2.05, 4.69) is 22.8 Å². The Balaban J connectivity index is 1.48. The largest absolute Gasteiger partial charge is 0.389 e. The number of aromatic nitrogens is 2. The molecule has 2 aliphatic rings. The average molecular weight is 357 g/mol. The molecule has 0 bridgehead atoms. The highest BCUT2D eigenvalue weighted by atomic mass is 16.5. The van der Waals surface area contributed by atoms with Gasteiger partial charge in [0, 0.05) is 5.92 Å². The summed E-state index contributed by atoms with van der Waals surface area (Å²) in [6, 6.07) is 8.33. The summed E-state index contributed by atoms with van der Waals surface area (Å²) in [6.45, 7) is 1.01. The van der Waals surface area contributed by atoms with E-state index < -0.39 is 6.10 Å². The molecule has 4 rings (SSSR count). The summed E-state index contributed by atoms with van der Waals surface area (Å²) < 4.78 is 8.27. The zero-order chi connectivity index (χ0) is 17.8. The van der Waals surface area contributed by atoms with Crippen LogP contribution in [0.2, 0.25) is 0 Å². The van der Waals surface area contributed by atoms with Gasteiger partial charge in [-0.25, -0.2) is 4.98 Å². The second-order valence-electron chi connectivity index (χ2n) is 8.15. The molecule has 2 fully saturated rings. The molecular weight excluding hydrogens is 324 g/mol. The van der Waals surface area contributed by atoms with E-state index in [0.29, 0.717) is 25.2 Å². The summed E-state index contributed by atoms with van der Waals surface area (Å²) in [5, 5.41) is 10.7. The lowest BCUT2D eigenvalue weighted by Crippen LogP contribution is -2.28. The smallest absolute Gasteiger partial charge is 0.113 e. The molecule has 142 valence electrons. The summed E-state index contributed by atoms with van der Waals surface area (Å²) in [5.74, 6) is 1.70. The third-order valence-corrected chi connectivity index (χ3v) is 6.12. The maximum atomic E-state index is 10.7. The minimum atomic E-state index is -0.475. The van der Waals surface area contributed by atoms with Gasteiger partial charge in [0.1, 0.15) is 5.82 Å². The van der Waals surface area contributed by atoms with Crippen molar-refractivity contribution in [1.82, 2.24) is 9.55 Å². The fraction of sp³-hybridized carbons (Fsp3) is 0.682. The Bertz CT molecular complexity index is 699. The molecule has 0 radical (unpaired) electrons. The number of aliphatic hydroxyl groups is 1. The molecule has 4 nitrogen and oxygen atoms in total. The first-order valence-corrected chi connectivity index (χ1v) is 10.6. The SMILES string of the molecule is OC(COC1CCCCC1)Cn1c(C2CCCCC2)nc2ccccc21. The van der Waals surface area contributed by atoms with Crippen molar-refractivity contribution in [2.45, 2.75) is 88.9 Å². The molecule has 0 spiro atoms. The summed E-state index contributed by atoms with van der Waals surface area (Å²) >= 11 is 0. The molecule has 4 heteroatoms. The molecule has 0 amide bonds. The number of hydrogen-bond donors (Lipinski definition) is 1. The first kappa shape index (κ1) is 18.0. The number of para-hydroxylation sites is 2. The van der Waals surface area contributed by atoms with Gasteiger partial charge >= 0.3 is 0 Å². The van der Waals surface area contributed by atoms with E-state index in [9.17, 15) is 5.11 Å². The zero-order valence-electron chi connectivity index (χ0n) is 15.8. The first-order valence-electron chi connectivity index (χ1n) is 10.6. The van der Waals surface area contributed by atoms with Crippen molar-refractivity contribution >= 4 is 11.0 Å². The van der Waals surface area contributed by atoms with E-state index in [-0.39, 0.29) is 0 Å². The van der Waals surface area contributed by atoms with E-state index in [0.717, 1.165) is 23.9 Å². The van der Waals surface area contributed by atoms with Gasteiger partial charge in [0.05, 0.1) is 36.4 Å². The molecule has 1 N–H and O–H groups in total. The van der Waals surface area contributed by atoms with Crippen molar-refractivity contribution in [2.75, 3.05) is 6.61 Å². The molecule has 1 unspecified atom stereocenters. The Morgan fingerprint density at radius 1 is 1.00 bits per heavy atom. The van der Waals surface area contributed by atoms with Gasteiger partial charge in [0.2, 0.25) is 0 Å². The number of ether oxygens (including phenoxy) is 1. The monoisotopic (exact) mass is 356 g/mol. The fourth-order valence-electron chi connectivity index (χ4n) is 4.70. The Hall–Kier alpha value is -1.39. The number of fused-ring (bicyclic) bond motifs is 1. The van der Waals surface area contributed by atoms with Crippen LogP contribution in [0.15, 0.2) is 24.3 Å². The lowest BCUT2D eigenvalue weighted by atomic mass is 9.88. The number of imidazole rings is 1. The normalized spacial score (nSPS) is 21.3. The van der Waals surface area contributed by atoms with Gasteiger partial charge in [-0.15, -0.1) is 0 Å². The van der Waals surface area contributed by atoms with Crippen LogP contribution in [0.5, 0.6) is 0 Å². The third kappa shape index (κ3) is 4.12. The van der Waals surface area contributed by atoms with Gasteiger partial charge in [-0.2, -0.15) is 0 Å². The molecule has 1 heterocycles. The average Bonchev–Trinajstić information content (AvgIpc) is 3.06. The third-order valence-electron chi connectivity index (χ3n) is 6.12. The Labute approximate surface area is 156 Å². The van der Waals surface area contributed by atoms with E-state index in [1.54, 1.807) is 0 Å². The maximum absolute atomic E-state index is 10.7. The fourth-order valence-corrected chi connectivity index (χ4v) is 4.70. The Morgan fingerprint density at radius 2 is 1.69 bits per heavy atom. The highest BCUT2D eigenvalue weighted by Gasteiger charge is 2.24. The lowest BCUT2D eigenvalue weighted by molar-refractivity contribution is -0.0283. The highest BCUT2D eigenvalue weighted by molar-refractivity contribution is 5.76. The van der Waals surface area contributed by atoms with Crippen LogP contribution in [0.3, 0.4) is 0 Å². The van der Waals surface area contributed by atoms with Crippen LogP contribution in [-0.4, -0.2) is 33.5 Å². The van der Waals surface area contributed by atoms with Crippen molar-refractivity contribution in [3.8, 4) is 0 Å². The van der Waals surface area contributed by atoms with E-state index in [1.165, 1.54) is 57.2 Å². The van der Waals surface area contributed by atoms with Crippen LogP contribution in [0.25, 0.3) is 11.0 Å². The van der Waals surface area contributed by atoms with Gasteiger partial charge in [0.15, 0.2) is 0 Å². The summed E-state index contributed by atoms with van der Waals surface area (Å²) in [4.78, 5) is 4.95. The first-order chi connectivity index (χ1) is 12.8. The standard InChI is InChI=1S/C22H32N2O2/c25-18(16-26-19-11-5-2-6-12-19)15-24-21-14-8-7-13-20(21)23-22(24)17-9-3-1-4-10-17/h7-8,13-14,17-19,25H,1-6,9-12,15-16H2. The second kappa shape index (κ2) is 8.53. The highest BCUT2D eigenvalue weighted by Crippen LogP contribution is 2.34. The number of aliphatic hydroxyl groups excluding tert-OH is 1. The summed E-state index contributed by atoms with van der Waals surface area (Å²) in [6.07, 6.45) is 12.4. The number of nitrogens with zero attached hydrogens (tertiary/aromatic N) is 2. The predicted octanol–water partition coefficient (Wildman–Crippen LogP) is 4.79. The van der Waals surface area contributed by atoms with Crippen molar-refractivity contribution in [3.05, 3.63) is 30.1 Å².